The highest BCUT2D eigenvalue weighted by atomic mass is 19.1. The molecule has 10 heteroatoms. The Labute approximate surface area is 258 Å². The van der Waals surface area contributed by atoms with Crippen LogP contribution in [0.2, 0.25) is 0 Å². The van der Waals surface area contributed by atoms with Gasteiger partial charge in [-0.3, -0.25) is 9.36 Å². The van der Waals surface area contributed by atoms with Crippen molar-refractivity contribution in [3.63, 3.8) is 0 Å². The Kier molecular flexibility index (Phi) is 6.21. The lowest BCUT2D eigenvalue weighted by molar-refractivity contribution is 0.170. The molecule has 2 aromatic carbocycles. The summed E-state index contributed by atoms with van der Waals surface area (Å²) < 4.78 is 40.6. The number of anilines is 1. The summed E-state index contributed by atoms with van der Waals surface area (Å²) in [5, 5.41) is 15.9. The van der Waals surface area contributed by atoms with Gasteiger partial charge in [0, 0.05) is 54.8 Å². The van der Waals surface area contributed by atoms with Crippen LogP contribution in [0.3, 0.4) is 0 Å². The molecule has 9 nitrogen and oxygen atoms in total. The zero-order valence-corrected chi connectivity index (χ0v) is 25.0. The van der Waals surface area contributed by atoms with Crippen LogP contribution in [-0.2, 0) is 6.42 Å². The van der Waals surface area contributed by atoms with E-state index in [1.165, 1.54) is 16.7 Å². The highest BCUT2D eigenvalue weighted by Gasteiger charge is 2.45. The predicted molar refractivity (Wildman–Crippen MR) is 169 cm³/mol. The molecule has 2 atom stereocenters. The number of ether oxygens (including phenoxy) is 1. The topological polar surface area (TPSA) is 95.8 Å². The standard InChI is InChI=1S/C34H39FN6O3/c1-2-25-27(35)8-5-21-15-24(42)16-28(29(21)25)40-14-9-26-30(32(40)43)37-33(38-31(26)41-18-22-6-7-23(41)17-36-22)44-20-34(10-11-34)19-39-12-3-4-13-39/h5,8-9,14-16,22-23,36,42H,2-4,6-7,10-13,17-20H2,1H3/i20D2. The molecule has 4 aliphatic heterocycles. The van der Waals surface area contributed by atoms with Gasteiger partial charge in [0.1, 0.15) is 22.9 Å². The number of piperazine rings is 1. The molecule has 6 heterocycles. The van der Waals surface area contributed by atoms with Gasteiger partial charge in [-0.05, 0) is 87.2 Å². The third kappa shape index (κ3) is 4.79. The predicted octanol–water partition coefficient (Wildman–Crippen LogP) is 4.54. The first kappa shape index (κ1) is 25.6. The van der Waals surface area contributed by atoms with Gasteiger partial charge >= 0.3 is 6.01 Å². The summed E-state index contributed by atoms with van der Waals surface area (Å²) in [5.41, 5.74) is -0.252. The molecule has 2 N–H and O–H groups in total. The van der Waals surface area contributed by atoms with Crippen molar-refractivity contribution in [2.75, 3.05) is 44.2 Å². The van der Waals surface area contributed by atoms with Crippen molar-refractivity contribution in [1.29, 1.82) is 0 Å². The molecule has 2 aromatic heterocycles. The van der Waals surface area contributed by atoms with E-state index < -0.39 is 17.5 Å². The number of fused-ring (bicyclic) bond motifs is 5. The molecule has 2 bridgehead atoms. The number of pyridine rings is 1. The van der Waals surface area contributed by atoms with Gasteiger partial charge in [-0.15, -0.1) is 0 Å². The minimum atomic E-state index is -2.04. The Morgan fingerprint density at radius 3 is 2.73 bits per heavy atom. The number of hydrogen-bond acceptors (Lipinski definition) is 8. The molecule has 9 rings (SSSR count). The molecule has 2 unspecified atom stereocenters. The van der Waals surface area contributed by atoms with E-state index in [9.17, 15) is 9.90 Å². The molecule has 1 aliphatic carbocycles. The average molecular weight is 601 g/mol. The van der Waals surface area contributed by atoms with Crippen LogP contribution in [0.1, 0.15) is 53.8 Å². The summed E-state index contributed by atoms with van der Waals surface area (Å²) in [6.45, 7) is 3.87. The number of halogens is 1. The van der Waals surface area contributed by atoms with Gasteiger partial charge in [0.25, 0.3) is 5.56 Å². The van der Waals surface area contributed by atoms with E-state index in [0.29, 0.717) is 71.6 Å². The lowest BCUT2D eigenvalue weighted by atomic mass is 9.93. The molecule has 4 saturated heterocycles. The zero-order chi connectivity index (χ0) is 31.8. The van der Waals surface area contributed by atoms with Gasteiger partial charge in [-0.2, -0.15) is 9.97 Å². The van der Waals surface area contributed by atoms with Crippen molar-refractivity contribution in [3.05, 3.63) is 58.3 Å². The van der Waals surface area contributed by atoms with Crippen molar-refractivity contribution < 1.29 is 17.0 Å². The smallest absolute Gasteiger partial charge is 0.319 e. The van der Waals surface area contributed by atoms with Crippen LogP contribution in [-0.4, -0.2) is 75.9 Å². The molecular formula is C34H39FN6O3. The Morgan fingerprint density at radius 1 is 1.18 bits per heavy atom. The quantitative estimate of drug-likeness (QED) is 0.305. The first-order valence-electron chi connectivity index (χ1n) is 17.0. The van der Waals surface area contributed by atoms with E-state index in [4.69, 9.17) is 12.5 Å². The summed E-state index contributed by atoms with van der Waals surface area (Å²) >= 11 is 0. The van der Waals surface area contributed by atoms with Crippen LogP contribution in [0.25, 0.3) is 27.4 Å². The second-order valence-corrected chi connectivity index (χ2v) is 13.0. The molecule has 44 heavy (non-hydrogen) atoms. The second-order valence-electron chi connectivity index (χ2n) is 13.0. The Balaban J connectivity index is 1.28. The number of aryl methyl sites for hydroxylation is 1. The van der Waals surface area contributed by atoms with E-state index in [0.717, 1.165) is 45.3 Å². The molecule has 230 valence electrons. The van der Waals surface area contributed by atoms with Crippen LogP contribution < -0.4 is 20.5 Å². The highest BCUT2D eigenvalue weighted by molar-refractivity contribution is 5.95. The molecule has 5 fully saturated rings. The van der Waals surface area contributed by atoms with Crippen molar-refractivity contribution in [1.82, 2.24) is 24.8 Å². The van der Waals surface area contributed by atoms with Gasteiger partial charge in [0.15, 0.2) is 0 Å². The summed E-state index contributed by atoms with van der Waals surface area (Å²) in [5.74, 6) is 0.130. The normalized spacial score (nSPS) is 23.7. The highest BCUT2D eigenvalue weighted by Crippen LogP contribution is 2.47. The van der Waals surface area contributed by atoms with Crippen molar-refractivity contribution >= 4 is 27.5 Å². The lowest BCUT2D eigenvalue weighted by Gasteiger charge is -2.46. The number of rotatable bonds is 8. The molecular weight excluding hydrogens is 559 g/mol. The van der Waals surface area contributed by atoms with E-state index in [1.54, 1.807) is 24.4 Å². The lowest BCUT2D eigenvalue weighted by Crippen LogP contribution is -2.61. The van der Waals surface area contributed by atoms with Gasteiger partial charge in [0.2, 0.25) is 0 Å². The number of nitrogens with one attached hydrogen (secondary N) is 1. The van der Waals surface area contributed by atoms with E-state index in [2.05, 4.69) is 20.1 Å². The van der Waals surface area contributed by atoms with Crippen molar-refractivity contribution in [3.8, 4) is 17.4 Å². The fraction of sp³-hybridized carbons (Fsp3) is 0.500. The zero-order valence-electron chi connectivity index (χ0n) is 27.0. The third-order valence-corrected chi connectivity index (χ3v) is 10.0. The Hall–Kier alpha value is -3.76. The first-order chi connectivity index (χ1) is 22.2. The maximum absolute atomic E-state index is 15.0. The summed E-state index contributed by atoms with van der Waals surface area (Å²) in [6.07, 6.45) is 7.74. The van der Waals surface area contributed by atoms with Crippen molar-refractivity contribution in [2.24, 2.45) is 5.41 Å². The number of piperidine rings is 2. The van der Waals surface area contributed by atoms with Crippen LogP contribution in [0.5, 0.6) is 11.8 Å². The largest absolute Gasteiger partial charge is 0.508 e. The first-order valence-corrected chi connectivity index (χ1v) is 16.0. The number of aromatic hydroxyl groups is 1. The fourth-order valence-corrected chi connectivity index (χ4v) is 7.49. The second kappa shape index (κ2) is 10.7. The number of phenols is 1. The molecule has 0 spiro atoms. The van der Waals surface area contributed by atoms with Gasteiger partial charge in [0.05, 0.1) is 20.4 Å². The molecule has 1 saturated carbocycles. The SMILES string of the molecule is [2H]C([2H])(Oc1nc(N2CC3CCC2CN3)c2ccn(-c3cc(O)cc4ccc(F)c(CC)c34)c(=O)c2n1)C1(CN2CCCC2)CC1. The van der Waals surface area contributed by atoms with E-state index in [-0.39, 0.29) is 29.1 Å². The number of benzene rings is 2. The van der Waals surface area contributed by atoms with Crippen LogP contribution in [0, 0.1) is 11.2 Å². The fourth-order valence-electron chi connectivity index (χ4n) is 7.49. The van der Waals surface area contributed by atoms with Crippen molar-refractivity contribution in [2.45, 2.75) is 64.0 Å². The average Bonchev–Trinajstić information content (AvgIpc) is 3.67. The molecule has 0 radical (unpaired) electrons. The molecule has 5 aliphatic rings. The monoisotopic (exact) mass is 600 g/mol. The van der Waals surface area contributed by atoms with E-state index in [1.807, 2.05) is 6.92 Å². The summed E-state index contributed by atoms with van der Waals surface area (Å²) in [4.78, 5) is 28.4. The third-order valence-electron chi connectivity index (χ3n) is 10.0. The van der Waals surface area contributed by atoms with Gasteiger partial charge in [-0.1, -0.05) is 13.0 Å². The molecule has 0 amide bonds. The van der Waals surface area contributed by atoms with Crippen LogP contribution in [0.15, 0.2) is 41.3 Å². The number of aromatic nitrogens is 3. The van der Waals surface area contributed by atoms with Crippen LogP contribution in [0.4, 0.5) is 10.2 Å². The minimum Gasteiger partial charge on any atom is -0.508 e. The summed E-state index contributed by atoms with van der Waals surface area (Å²) in [7, 11) is 0. The van der Waals surface area contributed by atoms with E-state index >= 15 is 4.39 Å². The number of nitrogens with zero attached hydrogens (tertiary/aromatic N) is 5. The number of phenolic OH excluding ortho intramolecular Hbond substituents is 1. The molecule has 4 aromatic rings. The summed E-state index contributed by atoms with van der Waals surface area (Å²) in [6, 6.07) is 8.10. The Morgan fingerprint density at radius 2 is 2.02 bits per heavy atom. The maximum atomic E-state index is 15.0. The number of likely N-dealkylation sites (tertiary alicyclic amines) is 1. The van der Waals surface area contributed by atoms with Gasteiger partial charge < -0.3 is 25.0 Å². The number of hydrogen-bond donors (Lipinski definition) is 2. The maximum Gasteiger partial charge on any atom is 0.319 e. The van der Waals surface area contributed by atoms with Gasteiger partial charge in [-0.25, -0.2) is 4.39 Å². The minimum absolute atomic E-state index is 0.0478. The van der Waals surface area contributed by atoms with Crippen LogP contribution >= 0.6 is 0 Å². The Bertz CT molecular complexity index is 1900.